The fourth-order valence-corrected chi connectivity index (χ4v) is 2.90. The third kappa shape index (κ3) is 3.73. The highest BCUT2D eigenvalue weighted by atomic mass is 79.9. The molecule has 0 radical (unpaired) electrons. The molecule has 4 nitrogen and oxygen atoms in total. The van der Waals surface area contributed by atoms with E-state index < -0.39 is 6.04 Å². The summed E-state index contributed by atoms with van der Waals surface area (Å²) in [6.45, 7) is 3.26. The van der Waals surface area contributed by atoms with E-state index in [0.29, 0.717) is 13.2 Å². The van der Waals surface area contributed by atoms with Gasteiger partial charge in [-0.2, -0.15) is 0 Å². The molecule has 0 aromatic heterocycles. The van der Waals surface area contributed by atoms with Gasteiger partial charge in [0, 0.05) is 23.0 Å². The number of benzene rings is 1. The second kappa shape index (κ2) is 7.09. The first-order chi connectivity index (χ1) is 9.61. The van der Waals surface area contributed by atoms with Crippen LogP contribution in [0.15, 0.2) is 16.6 Å². The summed E-state index contributed by atoms with van der Waals surface area (Å²) in [4.78, 5) is 11.9. The van der Waals surface area contributed by atoms with Crippen molar-refractivity contribution >= 4 is 21.8 Å². The van der Waals surface area contributed by atoms with Crippen molar-refractivity contribution in [3.8, 4) is 5.75 Å². The first-order valence-corrected chi connectivity index (χ1v) is 7.88. The van der Waals surface area contributed by atoms with Crippen LogP contribution in [0.5, 0.6) is 5.75 Å². The maximum absolute atomic E-state index is 11.9. The lowest BCUT2D eigenvalue weighted by Gasteiger charge is -2.13. The number of rotatable bonds is 6. The lowest BCUT2D eigenvalue weighted by atomic mass is 10.1. The van der Waals surface area contributed by atoms with Gasteiger partial charge in [0.15, 0.2) is 0 Å². The van der Waals surface area contributed by atoms with E-state index >= 15 is 0 Å². The summed E-state index contributed by atoms with van der Waals surface area (Å²) in [5.41, 5.74) is 8.05. The molecule has 1 amide bonds. The van der Waals surface area contributed by atoms with Crippen molar-refractivity contribution in [2.45, 2.75) is 45.2 Å². The van der Waals surface area contributed by atoms with Gasteiger partial charge in [0.2, 0.25) is 5.91 Å². The molecule has 0 aliphatic carbocycles. The Labute approximate surface area is 128 Å². The van der Waals surface area contributed by atoms with Crippen LogP contribution in [0.3, 0.4) is 0 Å². The summed E-state index contributed by atoms with van der Waals surface area (Å²) in [6, 6.07) is 3.64. The molecule has 2 rings (SSSR count). The zero-order chi connectivity index (χ0) is 14.5. The summed E-state index contributed by atoms with van der Waals surface area (Å²) in [7, 11) is 0. The number of carbonyl (C=O) groups is 1. The number of hydrogen-bond acceptors (Lipinski definition) is 3. The second-order valence-electron chi connectivity index (χ2n) is 5.12. The Morgan fingerprint density at radius 3 is 3.10 bits per heavy atom. The van der Waals surface area contributed by atoms with Gasteiger partial charge in [0.1, 0.15) is 5.75 Å². The summed E-state index contributed by atoms with van der Waals surface area (Å²) >= 11 is 3.49. The Kier molecular flexibility index (Phi) is 5.43. The molecule has 3 N–H and O–H groups in total. The van der Waals surface area contributed by atoms with E-state index in [1.807, 2.05) is 6.07 Å². The number of fused-ring (bicyclic) bond motifs is 1. The van der Waals surface area contributed by atoms with Crippen molar-refractivity contribution in [3.63, 3.8) is 0 Å². The zero-order valence-corrected chi connectivity index (χ0v) is 13.3. The number of ether oxygens (including phenoxy) is 1. The summed E-state index contributed by atoms with van der Waals surface area (Å²) < 4.78 is 6.65. The number of nitrogens with two attached hydrogens (primary N) is 1. The van der Waals surface area contributed by atoms with Crippen LogP contribution in [0.1, 0.15) is 37.3 Å². The number of unbranched alkanes of at least 4 members (excludes halogenated alkanes) is 1. The van der Waals surface area contributed by atoms with Crippen molar-refractivity contribution < 1.29 is 9.53 Å². The van der Waals surface area contributed by atoms with Gasteiger partial charge in [-0.3, -0.25) is 4.79 Å². The first kappa shape index (κ1) is 15.3. The van der Waals surface area contributed by atoms with Crippen LogP contribution >= 0.6 is 15.9 Å². The van der Waals surface area contributed by atoms with E-state index in [4.69, 9.17) is 10.5 Å². The van der Waals surface area contributed by atoms with Crippen molar-refractivity contribution in [2.24, 2.45) is 5.73 Å². The van der Waals surface area contributed by atoms with E-state index in [9.17, 15) is 4.79 Å². The molecule has 1 unspecified atom stereocenters. The molecule has 20 heavy (non-hydrogen) atoms. The van der Waals surface area contributed by atoms with Gasteiger partial charge in [0.25, 0.3) is 0 Å². The van der Waals surface area contributed by atoms with Crippen LogP contribution in [-0.4, -0.2) is 18.6 Å². The first-order valence-electron chi connectivity index (χ1n) is 7.09. The van der Waals surface area contributed by atoms with E-state index in [-0.39, 0.29) is 5.91 Å². The molecule has 0 saturated carbocycles. The molecule has 0 fully saturated rings. The van der Waals surface area contributed by atoms with Gasteiger partial charge in [-0.25, -0.2) is 0 Å². The van der Waals surface area contributed by atoms with Crippen molar-refractivity contribution in [1.29, 1.82) is 0 Å². The fourth-order valence-electron chi connectivity index (χ4n) is 2.35. The third-order valence-electron chi connectivity index (χ3n) is 3.48. The number of nitrogens with one attached hydrogen (secondary N) is 1. The van der Waals surface area contributed by atoms with Gasteiger partial charge in [-0.05, 0) is 24.1 Å². The Morgan fingerprint density at radius 1 is 1.55 bits per heavy atom. The lowest BCUT2D eigenvalue weighted by molar-refractivity contribution is -0.122. The molecule has 1 aromatic carbocycles. The highest BCUT2D eigenvalue weighted by Gasteiger charge is 2.19. The molecule has 1 aromatic rings. The fraction of sp³-hybridized carbons (Fsp3) is 0.533. The largest absolute Gasteiger partial charge is 0.493 e. The Hall–Kier alpha value is -1.07. The second-order valence-corrected chi connectivity index (χ2v) is 6.03. The van der Waals surface area contributed by atoms with Crippen molar-refractivity contribution in [3.05, 3.63) is 27.7 Å². The molecule has 1 heterocycles. The average molecular weight is 341 g/mol. The molecule has 110 valence electrons. The SMILES string of the molecule is CCCCC(N)C(=O)NCc1cc(Br)cc2c1OCC2. The van der Waals surface area contributed by atoms with E-state index in [1.54, 1.807) is 0 Å². The molecule has 1 atom stereocenters. The highest BCUT2D eigenvalue weighted by molar-refractivity contribution is 9.10. The van der Waals surface area contributed by atoms with Gasteiger partial charge in [-0.15, -0.1) is 0 Å². The van der Waals surface area contributed by atoms with Crippen molar-refractivity contribution in [2.75, 3.05) is 6.61 Å². The van der Waals surface area contributed by atoms with E-state index in [1.165, 1.54) is 5.56 Å². The minimum atomic E-state index is -0.420. The minimum Gasteiger partial charge on any atom is -0.493 e. The molecule has 1 aliphatic rings. The maximum Gasteiger partial charge on any atom is 0.237 e. The standard InChI is InChI=1S/C15H21BrN2O2/c1-2-3-4-13(17)15(19)18-9-11-8-12(16)7-10-5-6-20-14(10)11/h7-8,13H,2-6,9,17H2,1H3,(H,18,19). The summed E-state index contributed by atoms with van der Waals surface area (Å²) in [6.07, 6.45) is 3.68. The molecular weight excluding hydrogens is 320 g/mol. The van der Waals surface area contributed by atoms with Gasteiger partial charge >= 0.3 is 0 Å². The van der Waals surface area contributed by atoms with Crippen LogP contribution < -0.4 is 15.8 Å². The van der Waals surface area contributed by atoms with Gasteiger partial charge in [0.05, 0.1) is 12.6 Å². The molecule has 0 spiro atoms. The topological polar surface area (TPSA) is 64.4 Å². The van der Waals surface area contributed by atoms with E-state index in [0.717, 1.165) is 41.5 Å². The zero-order valence-electron chi connectivity index (χ0n) is 11.7. The van der Waals surface area contributed by atoms with Gasteiger partial charge < -0.3 is 15.8 Å². The Balaban J connectivity index is 1.96. The molecule has 5 heteroatoms. The summed E-state index contributed by atoms with van der Waals surface area (Å²) in [5, 5.41) is 2.90. The normalized spacial score (nSPS) is 14.6. The number of carbonyl (C=O) groups excluding carboxylic acids is 1. The van der Waals surface area contributed by atoms with Crippen LogP contribution in [0, 0.1) is 0 Å². The Bertz CT molecular complexity index is 491. The Morgan fingerprint density at radius 2 is 2.35 bits per heavy atom. The maximum atomic E-state index is 11.9. The molecule has 0 bridgehead atoms. The summed E-state index contributed by atoms with van der Waals surface area (Å²) in [5.74, 6) is 0.820. The predicted molar refractivity (Wildman–Crippen MR) is 82.7 cm³/mol. The molecule has 1 aliphatic heterocycles. The monoisotopic (exact) mass is 340 g/mol. The lowest BCUT2D eigenvalue weighted by Crippen LogP contribution is -2.40. The third-order valence-corrected chi connectivity index (χ3v) is 3.94. The molecular formula is C15H21BrN2O2. The van der Waals surface area contributed by atoms with Crippen LogP contribution in [0.25, 0.3) is 0 Å². The van der Waals surface area contributed by atoms with Crippen molar-refractivity contribution in [1.82, 2.24) is 5.32 Å². The minimum absolute atomic E-state index is 0.0924. The average Bonchev–Trinajstić information content (AvgIpc) is 2.89. The number of halogens is 1. The van der Waals surface area contributed by atoms with E-state index in [2.05, 4.69) is 34.2 Å². The van der Waals surface area contributed by atoms with Crippen LogP contribution in [0.2, 0.25) is 0 Å². The number of amides is 1. The van der Waals surface area contributed by atoms with Crippen LogP contribution in [-0.2, 0) is 17.8 Å². The van der Waals surface area contributed by atoms with Gasteiger partial charge in [-0.1, -0.05) is 35.7 Å². The smallest absolute Gasteiger partial charge is 0.237 e. The molecule has 0 saturated heterocycles. The van der Waals surface area contributed by atoms with Crippen LogP contribution in [0.4, 0.5) is 0 Å². The quantitative estimate of drug-likeness (QED) is 0.836. The predicted octanol–water partition coefficient (Wildman–Crippen LogP) is 2.52. The highest BCUT2D eigenvalue weighted by Crippen LogP contribution is 2.32. The number of hydrogen-bond donors (Lipinski definition) is 2.